The van der Waals surface area contributed by atoms with E-state index in [0.717, 1.165) is 30.9 Å². The molecule has 2 aliphatic heterocycles. The average Bonchev–Trinajstić information content (AvgIpc) is 2.94. The highest BCUT2D eigenvalue weighted by Crippen LogP contribution is 2.27. The minimum atomic E-state index is 0.712. The summed E-state index contributed by atoms with van der Waals surface area (Å²) in [5, 5.41) is 4.35. The van der Waals surface area contributed by atoms with Crippen LogP contribution in [0.25, 0.3) is 0 Å². The van der Waals surface area contributed by atoms with E-state index < -0.39 is 0 Å². The third-order valence-corrected chi connectivity index (χ3v) is 4.47. The van der Waals surface area contributed by atoms with Crippen molar-refractivity contribution < 1.29 is 0 Å². The third kappa shape index (κ3) is 2.62. The molecule has 0 saturated carbocycles. The first-order chi connectivity index (χ1) is 8.83. The number of aromatic nitrogens is 1. The second-order valence-corrected chi connectivity index (χ2v) is 5.80. The standard InChI is InChI=1S/C14H20ClN3/c15-12-3-4-14(17-10-12)18-8-5-11(6-9-18)13-2-1-7-16-13/h3-4,10-11,13,16H,1-2,5-9H2. The fraction of sp³-hybridized carbons (Fsp3) is 0.643. The van der Waals surface area contributed by atoms with Gasteiger partial charge in [0.1, 0.15) is 5.82 Å². The number of rotatable bonds is 2. The Morgan fingerprint density at radius 2 is 2.06 bits per heavy atom. The van der Waals surface area contributed by atoms with E-state index in [0.29, 0.717) is 5.02 Å². The van der Waals surface area contributed by atoms with Crippen molar-refractivity contribution in [2.24, 2.45) is 5.92 Å². The number of nitrogens with one attached hydrogen (secondary N) is 1. The maximum Gasteiger partial charge on any atom is 0.128 e. The van der Waals surface area contributed by atoms with Gasteiger partial charge in [0, 0.05) is 25.3 Å². The Hall–Kier alpha value is -0.800. The van der Waals surface area contributed by atoms with Crippen molar-refractivity contribution in [3.05, 3.63) is 23.4 Å². The summed E-state index contributed by atoms with van der Waals surface area (Å²) in [6.45, 7) is 3.46. The second-order valence-electron chi connectivity index (χ2n) is 5.36. The second kappa shape index (κ2) is 5.45. The van der Waals surface area contributed by atoms with Gasteiger partial charge in [0.15, 0.2) is 0 Å². The van der Waals surface area contributed by atoms with E-state index in [2.05, 4.69) is 15.2 Å². The molecular weight excluding hydrogens is 246 g/mol. The zero-order valence-electron chi connectivity index (χ0n) is 10.6. The fourth-order valence-corrected chi connectivity index (χ4v) is 3.31. The third-order valence-electron chi connectivity index (χ3n) is 4.24. The van der Waals surface area contributed by atoms with Crippen LogP contribution < -0.4 is 10.2 Å². The van der Waals surface area contributed by atoms with E-state index in [1.165, 1.54) is 32.2 Å². The van der Waals surface area contributed by atoms with Gasteiger partial charge in [0.05, 0.1) is 5.02 Å². The Balaban J connectivity index is 1.57. The van der Waals surface area contributed by atoms with Gasteiger partial charge in [0.25, 0.3) is 0 Å². The quantitative estimate of drug-likeness (QED) is 0.891. The van der Waals surface area contributed by atoms with Crippen LogP contribution in [0.3, 0.4) is 0 Å². The van der Waals surface area contributed by atoms with Gasteiger partial charge < -0.3 is 10.2 Å². The Bertz CT molecular complexity index is 379. The summed E-state index contributed by atoms with van der Waals surface area (Å²) in [6.07, 6.45) is 7.01. The van der Waals surface area contributed by atoms with Crippen molar-refractivity contribution in [3.8, 4) is 0 Å². The van der Waals surface area contributed by atoms with Crippen LogP contribution in [0.1, 0.15) is 25.7 Å². The molecule has 18 heavy (non-hydrogen) atoms. The lowest BCUT2D eigenvalue weighted by molar-refractivity contribution is 0.318. The van der Waals surface area contributed by atoms with Gasteiger partial charge in [-0.25, -0.2) is 4.98 Å². The van der Waals surface area contributed by atoms with E-state index in [9.17, 15) is 0 Å². The lowest BCUT2D eigenvalue weighted by Crippen LogP contribution is -2.41. The highest BCUT2D eigenvalue weighted by atomic mass is 35.5. The smallest absolute Gasteiger partial charge is 0.128 e. The zero-order valence-corrected chi connectivity index (χ0v) is 11.4. The van der Waals surface area contributed by atoms with Gasteiger partial charge in [-0.15, -0.1) is 0 Å². The molecule has 0 amide bonds. The van der Waals surface area contributed by atoms with E-state index in [1.54, 1.807) is 6.20 Å². The summed E-state index contributed by atoms with van der Waals surface area (Å²) in [5.41, 5.74) is 0. The SMILES string of the molecule is Clc1ccc(N2CCC(C3CCCN3)CC2)nc1. The lowest BCUT2D eigenvalue weighted by atomic mass is 9.88. The van der Waals surface area contributed by atoms with Crippen molar-refractivity contribution in [1.29, 1.82) is 0 Å². The normalized spacial score (nSPS) is 25.6. The highest BCUT2D eigenvalue weighted by Gasteiger charge is 2.28. The van der Waals surface area contributed by atoms with Crippen LogP contribution in [0.15, 0.2) is 18.3 Å². The molecule has 4 heteroatoms. The molecule has 0 bridgehead atoms. The van der Waals surface area contributed by atoms with Crippen LogP contribution >= 0.6 is 11.6 Å². The minimum absolute atomic E-state index is 0.712. The van der Waals surface area contributed by atoms with Crippen LogP contribution in [0.4, 0.5) is 5.82 Å². The summed E-state index contributed by atoms with van der Waals surface area (Å²) in [5.74, 6) is 1.92. The molecule has 2 aliphatic rings. The van der Waals surface area contributed by atoms with E-state index >= 15 is 0 Å². The van der Waals surface area contributed by atoms with Gasteiger partial charge >= 0.3 is 0 Å². The maximum absolute atomic E-state index is 5.87. The predicted octanol–water partition coefficient (Wildman–Crippen LogP) is 2.70. The van der Waals surface area contributed by atoms with Gasteiger partial charge in [-0.05, 0) is 50.3 Å². The summed E-state index contributed by atoms with van der Waals surface area (Å²) >= 11 is 5.87. The molecule has 0 aliphatic carbocycles. The molecule has 2 saturated heterocycles. The number of anilines is 1. The van der Waals surface area contributed by atoms with Crippen molar-refractivity contribution >= 4 is 17.4 Å². The van der Waals surface area contributed by atoms with Crippen LogP contribution in [0.5, 0.6) is 0 Å². The maximum atomic E-state index is 5.87. The van der Waals surface area contributed by atoms with Crippen LogP contribution in [-0.4, -0.2) is 30.7 Å². The molecule has 0 radical (unpaired) electrons. The fourth-order valence-electron chi connectivity index (χ4n) is 3.20. The number of hydrogen-bond acceptors (Lipinski definition) is 3. The molecule has 3 rings (SSSR count). The molecule has 1 unspecified atom stereocenters. The summed E-state index contributed by atoms with van der Waals surface area (Å²) in [4.78, 5) is 6.78. The van der Waals surface area contributed by atoms with Gasteiger partial charge in [0.2, 0.25) is 0 Å². The molecular formula is C14H20ClN3. The molecule has 1 N–H and O–H groups in total. The molecule has 0 spiro atoms. The largest absolute Gasteiger partial charge is 0.357 e. The van der Waals surface area contributed by atoms with Gasteiger partial charge in [-0.3, -0.25) is 0 Å². The van der Waals surface area contributed by atoms with Gasteiger partial charge in [-0.1, -0.05) is 11.6 Å². The van der Waals surface area contributed by atoms with Crippen molar-refractivity contribution in [3.63, 3.8) is 0 Å². The average molecular weight is 266 g/mol. The number of piperidine rings is 1. The minimum Gasteiger partial charge on any atom is -0.357 e. The van der Waals surface area contributed by atoms with Crippen molar-refractivity contribution in [2.45, 2.75) is 31.7 Å². The molecule has 3 nitrogen and oxygen atoms in total. The first-order valence-corrected chi connectivity index (χ1v) is 7.30. The lowest BCUT2D eigenvalue weighted by Gasteiger charge is -2.35. The Labute approximate surface area is 114 Å². The molecule has 1 atom stereocenters. The molecule has 3 heterocycles. The van der Waals surface area contributed by atoms with E-state index in [1.807, 2.05) is 12.1 Å². The number of halogens is 1. The summed E-state index contributed by atoms with van der Waals surface area (Å²) in [6, 6.07) is 4.72. The zero-order chi connectivity index (χ0) is 12.4. The molecule has 98 valence electrons. The number of nitrogens with zero attached hydrogens (tertiary/aromatic N) is 2. The molecule has 1 aromatic heterocycles. The summed E-state index contributed by atoms with van der Waals surface area (Å²) < 4.78 is 0. The topological polar surface area (TPSA) is 28.2 Å². The van der Waals surface area contributed by atoms with E-state index in [-0.39, 0.29) is 0 Å². The monoisotopic (exact) mass is 265 g/mol. The van der Waals surface area contributed by atoms with Crippen molar-refractivity contribution in [2.75, 3.05) is 24.5 Å². The van der Waals surface area contributed by atoms with Gasteiger partial charge in [-0.2, -0.15) is 0 Å². The predicted molar refractivity (Wildman–Crippen MR) is 75.2 cm³/mol. The molecule has 2 fully saturated rings. The van der Waals surface area contributed by atoms with Crippen LogP contribution in [0.2, 0.25) is 5.02 Å². The Kier molecular flexibility index (Phi) is 3.71. The first-order valence-electron chi connectivity index (χ1n) is 6.93. The first kappa shape index (κ1) is 12.2. The molecule has 0 aromatic carbocycles. The van der Waals surface area contributed by atoms with Crippen molar-refractivity contribution in [1.82, 2.24) is 10.3 Å². The number of hydrogen-bond donors (Lipinski definition) is 1. The Morgan fingerprint density at radius 3 is 2.67 bits per heavy atom. The van der Waals surface area contributed by atoms with Crippen LogP contribution in [0, 0.1) is 5.92 Å². The Morgan fingerprint density at radius 1 is 1.22 bits per heavy atom. The summed E-state index contributed by atoms with van der Waals surface area (Å²) in [7, 11) is 0. The van der Waals surface area contributed by atoms with E-state index in [4.69, 9.17) is 11.6 Å². The highest BCUT2D eigenvalue weighted by molar-refractivity contribution is 6.30. The molecule has 1 aromatic rings. The van der Waals surface area contributed by atoms with Crippen LogP contribution in [-0.2, 0) is 0 Å². The number of pyridine rings is 1.